The number of carbonyl (C=O) groups excluding carboxylic acids is 2. The number of aliphatic hydroxyl groups excluding tert-OH is 1. The molecule has 2 aliphatic heterocycles. The number of benzene rings is 2. The standard InChI is InChI=1S/C29H36N4O5/c1-4-31(13-14-34)11-6-12-32-18-25(36)33-27(19-7-5-8-20(35)15-19)26-23(17-29(33,2)28(32)37)22-16-21(38-3)9-10-24(22)30-26/h5,7-10,15-16,27,30,34-35H,4,6,11-14,17-18H2,1-3H3/t27-,29+/m1/s1. The number of phenolic OH excluding ortho intramolecular Hbond substituents is 1. The molecule has 2 aliphatic rings. The molecule has 1 saturated heterocycles. The topological polar surface area (TPSA) is 109 Å². The molecular weight excluding hydrogens is 484 g/mol. The lowest BCUT2D eigenvalue weighted by atomic mass is 9.78. The average molecular weight is 521 g/mol. The van der Waals surface area contributed by atoms with Crippen LogP contribution in [0.15, 0.2) is 42.5 Å². The van der Waals surface area contributed by atoms with Crippen molar-refractivity contribution in [3.8, 4) is 11.5 Å². The van der Waals surface area contributed by atoms with Crippen molar-refractivity contribution in [3.05, 3.63) is 59.3 Å². The van der Waals surface area contributed by atoms with Crippen LogP contribution in [0.2, 0.25) is 0 Å². The summed E-state index contributed by atoms with van der Waals surface area (Å²) in [5.41, 5.74) is 2.40. The molecular formula is C29H36N4O5. The molecule has 9 heteroatoms. The maximum Gasteiger partial charge on any atom is 0.249 e. The number of aliphatic hydroxyl groups is 1. The van der Waals surface area contributed by atoms with Crippen molar-refractivity contribution >= 4 is 22.7 Å². The van der Waals surface area contributed by atoms with Crippen molar-refractivity contribution in [2.75, 3.05) is 46.4 Å². The van der Waals surface area contributed by atoms with Gasteiger partial charge >= 0.3 is 0 Å². The van der Waals surface area contributed by atoms with E-state index in [1.54, 1.807) is 35.1 Å². The van der Waals surface area contributed by atoms with E-state index in [0.29, 0.717) is 25.9 Å². The van der Waals surface area contributed by atoms with E-state index in [4.69, 9.17) is 4.74 Å². The van der Waals surface area contributed by atoms with Crippen LogP contribution in [-0.2, 0) is 16.0 Å². The number of methoxy groups -OCH3 is 1. The van der Waals surface area contributed by atoms with Crippen LogP contribution >= 0.6 is 0 Å². The van der Waals surface area contributed by atoms with Crippen LogP contribution in [0, 0.1) is 0 Å². The number of H-pyrrole nitrogens is 1. The summed E-state index contributed by atoms with van der Waals surface area (Å²) in [6.45, 7) is 6.64. The quantitative estimate of drug-likeness (QED) is 0.400. The minimum absolute atomic E-state index is 0.0131. The van der Waals surface area contributed by atoms with Crippen LogP contribution < -0.4 is 4.74 Å². The lowest BCUT2D eigenvalue weighted by molar-refractivity contribution is -0.167. The van der Waals surface area contributed by atoms with E-state index in [1.165, 1.54) is 0 Å². The van der Waals surface area contributed by atoms with Gasteiger partial charge in [-0.3, -0.25) is 9.59 Å². The first-order chi connectivity index (χ1) is 18.3. The number of hydrogen-bond acceptors (Lipinski definition) is 6. The Kier molecular flexibility index (Phi) is 7.07. The molecule has 1 fully saturated rings. The van der Waals surface area contributed by atoms with Gasteiger partial charge in [0.2, 0.25) is 11.8 Å². The lowest BCUT2D eigenvalue weighted by Crippen LogP contribution is -2.69. The minimum atomic E-state index is -1.09. The Morgan fingerprint density at radius 2 is 2.00 bits per heavy atom. The lowest BCUT2D eigenvalue weighted by Gasteiger charge is -2.53. The van der Waals surface area contributed by atoms with Gasteiger partial charge in [-0.2, -0.15) is 0 Å². The van der Waals surface area contributed by atoms with Gasteiger partial charge in [0.05, 0.1) is 26.3 Å². The number of carbonyl (C=O) groups is 2. The highest BCUT2D eigenvalue weighted by molar-refractivity contribution is 6.00. The fourth-order valence-electron chi connectivity index (χ4n) is 6.14. The Bertz CT molecular complexity index is 1350. The zero-order valence-electron chi connectivity index (χ0n) is 22.2. The van der Waals surface area contributed by atoms with Crippen molar-refractivity contribution in [3.63, 3.8) is 0 Å². The number of nitrogens with zero attached hydrogens (tertiary/aromatic N) is 3. The van der Waals surface area contributed by atoms with Crippen molar-refractivity contribution < 1.29 is 24.5 Å². The molecule has 2 aromatic carbocycles. The first-order valence-electron chi connectivity index (χ1n) is 13.2. The minimum Gasteiger partial charge on any atom is -0.508 e. The van der Waals surface area contributed by atoms with Crippen molar-refractivity contribution in [1.82, 2.24) is 19.7 Å². The van der Waals surface area contributed by atoms with Gasteiger partial charge in [0.1, 0.15) is 17.0 Å². The highest BCUT2D eigenvalue weighted by Gasteiger charge is 2.55. The first-order valence-corrected chi connectivity index (χ1v) is 13.2. The molecule has 38 heavy (non-hydrogen) atoms. The fraction of sp³-hybridized carbons (Fsp3) is 0.448. The Hall–Kier alpha value is -3.56. The maximum atomic E-state index is 14.1. The average Bonchev–Trinajstić information content (AvgIpc) is 3.26. The predicted octanol–water partition coefficient (Wildman–Crippen LogP) is 2.66. The van der Waals surface area contributed by atoms with Crippen LogP contribution in [0.25, 0.3) is 10.9 Å². The molecule has 3 N–H and O–H groups in total. The molecule has 2 amide bonds. The molecule has 0 radical (unpaired) electrons. The van der Waals surface area contributed by atoms with Crippen LogP contribution in [-0.4, -0.2) is 93.7 Å². The highest BCUT2D eigenvalue weighted by Crippen LogP contribution is 2.47. The number of fused-ring (bicyclic) bond motifs is 4. The third-order valence-electron chi connectivity index (χ3n) is 8.03. The number of nitrogens with one attached hydrogen (secondary N) is 1. The monoisotopic (exact) mass is 520 g/mol. The number of aromatic hydroxyl groups is 1. The van der Waals surface area contributed by atoms with Gasteiger partial charge in [0, 0.05) is 36.1 Å². The van der Waals surface area contributed by atoms with E-state index in [-0.39, 0.29) is 30.7 Å². The Morgan fingerprint density at radius 3 is 2.71 bits per heavy atom. The van der Waals surface area contributed by atoms with Crippen LogP contribution in [0.3, 0.4) is 0 Å². The van der Waals surface area contributed by atoms with Gasteiger partial charge in [-0.05, 0) is 67.9 Å². The summed E-state index contributed by atoms with van der Waals surface area (Å²) in [6, 6.07) is 12.2. The Balaban J connectivity index is 1.55. The van der Waals surface area contributed by atoms with E-state index >= 15 is 0 Å². The van der Waals surface area contributed by atoms with Gasteiger partial charge in [-0.1, -0.05) is 19.1 Å². The van der Waals surface area contributed by atoms with Crippen molar-refractivity contribution in [2.24, 2.45) is 0 Å². The molecule has 3 aromatic rings. The van der Waals surface area contributed by atoms with Crippen molar-refractivity contribution in [1.29, 1.82) is 0 Å². The molecule has 2 atom stereocenters. The van der Waals surface area contributed by atoms with Gasteiger partial charge in [0.25, 0.3) is 0 Å². The number of aromatic amines is 1. The number of ether oxygens (including phenoxy) is 1. The third-order valence-corrected chi connectivity index (χ3v) is 8.03. The molecule has 0 aliphatic carbocycles. The summed E-state index contributed by atoms with van der Waals surface area (Å²) >= 11 is 0. The zero-order chi connectivity index (χ0) is 27.0. The predicted molar refractivity (Wildman–Crippen MR) is 144 cm³/mol. The largest absolute Gasteiger partial charge is 0.508 e. The van der Waals surface area contributed by atoms with Gasteiger partial charge < -0.3 is 34.6 Å². The molecule has 202 valence electrons. The molecule has 0 unspecified atom stereocenters. The van der Waals surface area contributed by atoms with E-state index in [0.717, 1.165) is 46.6 Å². The summed E-state index contributed by atoms with van der Waals surface area (Å²) < 4.78 is 5.48. The van der Waals surface area contributed by atoms with E-state index in [2.05, 4.69) is 9.88 Å². The molecule has 9 nitrogen and oxygen atoms in total. The van der Waals surface area contributed by atoms with Crippen LogP contribution in [0.5, 0.6) is 11.5 Å². The smallest absolute Gasteiger partial charge is 0.249 e. The second-order valence-corrected chi connectivity index (χ2v) is 10.4. The number of piperazine rings is 1. The van der Waals surface area contributed by atoms with Crippen LogP contribution in [0.4, 0.5) is 0 Å². The molecule has 5 rings (SSSR count). The summed E-state index contributed by atoms with van der Waals surface area (Å²) in [4.78, 5) is 37.0. The normalized spacial score (nSPS) is 21.2. The molecule has 1 aromatic heterocycles. The number of amides is 2. The molecule has 0 saturated carbocycles. The number of rotatable bonds is 9. The Labute approximate surface area is 222 Å². The number of likely N-dealkylation sites (N-methyl/N-ethyl adjacent to an activating group) is 1. The van der Waals surface area contributed by atoms with Gasteiger partial charge in [-0.15, -0.1) is 0 Å². The van der Waals surface area contributed by atoms with Gasteiger partial charge in [-0.25, -0.2) is 0 Å². The highest BCUT2D eigenvalue weighted by atomic mass is 16.5. The third kappa shape index (κ3) is 4.39. The molecule has 0 bridgehead atoms. The maximum absolute atomic E-state index is 14.1. The van der Waals surface area contributed by atoms with E-state index < -0.39 is 11.6 Å². The zero-order valence-corrected chi connectivity index (χ0v) is 22.2. The molecule has 0 spiro atoms. The summed E-state index contributed by atoms with van der Waals surface area (Å²) in [5.74, 6) is 0.632. The first kappa shape index (κ1) is 26.1. The van der Waals surface area contributed by atoms with Crippen LogP contribution in [0.1, 0.15) is 43.1 Å². The Morgan fingerprint density at radius 1 is 1.18 bits per heavy atom. The fourth-order valence-corrected chi connectivity index (χ4v) is 6.14. The van der Waals surface area contributed by atoms with Gasteiger partial charge in [0.15, 0.2) is 0 Å². The second kappa shape index (κ2) is 10.3. The number of phenols is 1. The summed E-state index contributed by atoms with van der Waals surface area (Å²) in [7, 11) is 1.63. The van der Waals surface area contributed by atoms with E-state index in [1.807, 2.05) is 38.1 Å². The SMILES string of the molecule is CCN(CCO)CCCN1CC(=O)N2[C@H](c3cccc(O)c3)c3[nH]c4ccc(OC)cc4c3C[C@@]2(C)C1=O. The second-order valence-electron chi connectivity index (χ2n) is 10.4. The summed E-state index contributed by atoms with van der Waals surface area (Å²) in [5, 5.41) is 20.5. The summed E-state index contributed by atoms with van der Waals surface area (Å²) in [6.07, 6.45) is 1.09. The number of hydrogen-bond donors (Lipinski definition) is 3. The molecule has 3 heterocycles. The number of aromatic nitrogens is 1. The van der Waals surface area contributed by atoms with E-state index in [9.17, 15) is 19.8 Å². The van der Waals surface area contributed by atoms with Crippen molar-refractivity contribution in [2.45, 2.75) is 38.3 Å².